The predicted molar refractivity (Wildman–Crippen MR) is 84.1 cm³/mol. The molecule has 5 heteroatoms. The second-order valence-corrected chi connectivity index (χ2v) is 5.97. The zero-order chi connectivity index (χ0) is 15.2. The van der Waals surface area contributed by atoms with Crippen LogP contribution in [0, 0.1) is 0 Å². The minimum Gasteiger partial charge on any atom is -0.467 e. The molecule has 0 aromatic heterocycles. The SMILES string of the molecule is COC(=O)C1Cc2ccccc2CN1C(=O)CCCCBr. The number of unbranched alkanes of at least 4 members (excludes halogenated alkanes) is 1. The van der Waals surface area contributed by atoms with E-state index in [0.717, 1.165) is 29.3 Å². The number of methoxy groups -OCH3 is 1. The number of hydrogen-bond donors (Lipinski definition) is 0. The van der Waals surface area contributed by atoms with E-state index in [0.29, 0.717) is 19.4 Å². The molecule has 0 aliphatic carbocycles. The number of rotatable bonds is 5. The van der Waals surface area contributed by atoms with Gasteiger partial charge >= 0.3 is 5.97 Å². The minimum atomic E-state index is -0.499. The van der Waals surface area contributed by atoms with E-state index in [-0.39, 0.29) is 11.9 Å². The molecule has 0 fully saturated rings. The first-order valence-corrected chi connectivity index (χ1v) is 8.29. The van der Waals surface area contributed by atoms with E-state index < -0.39 is 6.04 Å². The van der Waals surface area contributed by atoms with Gasteiger partial charge in [-0.3, -0.25) is 4.79 Å². The summed E-state index contributed by atoms with van der Waals surface area (Å²) in [7, 11) is 1.37. The predicted octanol–water partition coefficient (Wildman–Crippen LogP) is 2.68. The molecule has 0 bridgehead atoms. The van der Waals surface area contributed by atoms with Crippen molar-refractivity contribution in [3.05, 3.63) is 35.4 Å². The van der Waals surface area contributed by atoms with Crippen molar-refractivity contribution >= 4 is 27.8 Å². The van der Waals surface area contributed by atoms with Gasteiger partial charge in [-0.1, -0.05) is 40.2 Å². The molecule has 0 saturated carbocycles. The van der Waals surface area contributed by atoms with E-state index in [1.54, 1.807) is 4.90 Å². The Labute approximate surface area is 133 Å². The molecule has 114 valence electrons. The number of amides is 1. The van der Waals surface area contributed by atoms with Crippen molar-refractivity contribution in [1.29, 1.82) is 0 Å². The maximum absolute atomic E-state index is 12.4. The van der Waals surface area contributed by atoms with E-state index in [2.05, 4.69) is 15.9 Å². The summed E-state index contributed by atoms with van der Waals surface area (Å²) in [6, 6.07) is 7.45. The fraction of sp³-hybridized carbons (Fsp3) is 0.500. The molecule has 21 heavy (non-hydrogen) atoms. The average Bonchev–Trinajstić information content (AvgIpc) is 2.53. The first-order valence-electron chi connectivity index (χ1n) is 7.17. The monoisotopic (exact) mass is 353 g/mol. The summed E-state index contributed by atoms with van der Waals surface area (Å²) in [6.45, 7) is 0.489. The molecule has 2 rings (SSSR count). The quantitative estimate of drug-likeness (QED) is 0.464. The van der Waals surface area contributed by atoms with Gasteiger partial charge in [-0.25, -0.2) is 4.79 Å². The summed E-state index contributed by atoms with van der Waals surface area (Å²) < 4.78 is 4.87. The van der Waals surface area contributed by atoms with Crippen LogP contribution in [0.15, 0.2) is 24.3 Å². The summed E-state index contributed by atoms with van der Waals surface area (Å²) in [6.07, 6.45) is 2.80. The molecule has 1 aliphatic rings. The third-order valence-corrected chi connectivity index (χ3v) is 4.38. The van der Waals surface area contributed by atoms with Gasteiger partial charge in [0.15, 0.2) is 0 Å². The first-order chi connectivity index (χ1) is 10.2. The van der Waals surface area contributed by atoms with Crippen LogP contribution in [0.3, 0.4) is 0 Å². The summed E-state index contributed by atoms with van der Waals surface area (Å²) >= 11 is 3.36. The van der Waals surface area contributed by atoms with Crippen molar-refractivity contribution in [2.75, 3.05) is 12.4 Å². The highest BCUT2D eigenvalue weighted by Gasteiger charge is 2.34. The molecule has 0 saturated heterocycles. The van der Waals surface area contributed by atoms with Crippen molar-refractivity contribution in [1.82, 2.24) is 4.90 Å². The second kappa shape index (κ2) is 7.59. The standard InChI is InChI=1S/C16H20BrNO3/c1-21-16(20)14-10-12-6-2-3-7-13(12)11-18(14)15(19)8-4-5-9-17/h2-3,6-7,14H,4-5,8-11H2,1H3. The molecule has 0 radical (unpaired) electrons. The molecule has 1 aromatic rings. The maximum Gasteiger partial charge on any atom is 0.328 e. The van der Waals surface area contributed by atoms with Crippen LogP contribution in [-0.2, 0) is 27.3 Å². The average molecular weight is 354 g/mol. The van der Waals surface area contributed by atoms with E-state index in [9.17, 15) is 9.59 Å². The Kier molecular flexibility index (Phi) is 5.79. The van der Waals surface area contributed by atoms with E-state index in [1.165, 1.54) is 7.11 Å². The van der Waals surface area contributed by atoms with Crippen LogP contribution >= 0.6 is 15.9 Å². The molecule has 0 spiro atoms. The lowest BCUT2D eigenvalue weighted by Gasteiger charge is -2.35. The van der Waals surface area contributed by atoms with Crippen molar-refractivity contribution in [3.8, 4) is 0 Å². The number of nitrogens with zero attached hydrogens (tertiary/aromatic N) is 1. The molecule has 0 N–H and O–H groups in total. The molecule has 1 heterocycles. The Morgan fingerprint density at radius 3 is 2.67 bits per heavy atom. The van der Waals surface area contributed by atoms with E-state index in [4.69, 9.17) is 4.74 Å². The van der Waals surface area contributed by atoms with Gasteiger partial charge in [0.05, 0.1) is 7.11 Å². The minimum absolute atomic E-state index is 0.0286. The topological polar surface area (TPSA) is 46.6 Å². The maximum atomic E-state index is 12.4. The molecular weight excluding hydrogens is 334 g/mol. The molecular formula is C16H20BrNO3. The number of alkyl halides is 1. The lowest BCUT2D eigenvalue weighted by Crippen LogP contribution is -2.49. The number of esters is 1. The Morgan fingerprint density at radius 2 is 2.00 bits per heavy atom. The van der Waals surface area contributed by atoms with Crippen LogP contribution in [0.1, 0.15) is 30.4 Å². The molecule has 1 unspecified atom stereocenters. The number of benzene rings is 1. The first kappa shape index (κ1) is 16.0. The number of halogens is 1. The van der Waals surface area contributed by atoms with Crippen LogP contribution in [0.2, 0.25) is 0 Å². The van der Waals surface area contributed by atoms with Gasteiger partial charge in [0.1, 0.15) is 6.04 Å². The third-order valence-electron chi connectivity index (χ3n) is 3.82. The molecule has 1 amide bonds. The fourth-order valence-corrected chi connectivity index (χ4v) is 3.04. The lowest BCUT2D eigenvalue weighted by molar-refractivity contribution is -0.154. The zero-order valence-electron chi connectivity index (χ0n) is 12.2. The Hall–Kier alpha value is -1.36. The van der Waals surface area contributed by atoms with Gasteiger partial charge in [-0.05, 0) is 24.0 Å². The van der Waals surface area contributed by atoms with Crippen molar-refractivity contribution in [2.24, 2.45) is 0 Å². The molecule has 4 nitrogen and oxygen atoms in total. The van der Waals surface area contributed by atoms with Crippen molar-refractivity contribution < 1.29 is 14.3 Å². The van der Waals surface area contributed by atoms with Crippen LogP contribution < -0.4 is 0 Å². The van der Waals surface area contributed by atoms with E-state index in [1.807, 2.05) is 24.3 Å². The lowest BCUT2D eigenvalue weighted by atomic mass is 9.93. The highest BCUT2D eigenvalue weighted by molar-refractivity contribution is 9.09. The van der Waals surface area contributed by atoms with Gasteiger partial charge in [0.2, 0.25) is 5.91 Å². The smallest absolute Gasteiger partial charge is 0.328 e. The normalized spacial score (nSPS) is 17.2. The number of fused-ring (bicyclic) bond motifs is 1. The van der Waals surface area contributed by atoms with Gasteiger partial charge in [0.25, 0.3) is 0 Å². The molecule has 1 aliphatic heterocycles. The summed E-state index contributed by atoms with van der Waals surface area (Å²) in [5.74, 6) is -0.306. The van der Waals surface area contributed by atoms with Gasteiger partial charge in [-0.15, -0.1) is 0 Å². The van der Waals surface area contributed by atoms with Crippen LogP contribution in [0.4, 0.5) is 0 Å². The van der Waals surface area contributed by atoms with Gasteiger partial charge in [0, 0.05) is 24.7 Å². The van der Waals surface area contributed by atoms with Gasteiger partial charge in [-0.2, -0.15) is 0 Å². The number of carbonyl (C=O) groups is 2. The molecule has 1 atom stereocenters. The number of carbonyl (C=O) groups excluding carboxylic acids is 2. The Bertz CT molecular complexity index is 518. The van der Waals surface area contributed by atoms with Crippen molar-refractivity contribution in [2.45, 2.75) is 38.3 Å². The third kappa shape index (κ3) is 3.84. The number of hydrogen-bond acceptors (Lipinski definition) is 3. The highest BCUT2D eigenvalue weighted by atomic mass is 79.9. The summed E-state index contributed by atoms with van der Waals surface area (Å²) in [5, 5.41) is 0.892. The summed E-state index contributed by atoms with van der Waals surface area (Å²) in [5.41, 5.74) is 2.24. The van der Waals surface area contributed by atoms with Crippen LogP contribution in [0.5, 0.6) is 0 Å². The van der Waals surface area contributed by atoms with E-state index >= 15 is 0 Å². The zero-order valence-corrected chi connectivity index (χ0v) is 13.8. The summed E-state index contributed by atoms with van der Waals surface area (Å²) in [4.78, 5) is 26.1. The largest absolute Gasteiger partial charge is 0.467 e. The Morgan fingerprint density at radius 1 is 1.29 bits per heavy atom. The molecule has 1 aromatic carbocycles. The Balaban J connectivity index is 2.16. The van der Waals surface area contributed by atoms with Gasteiger partial charge < -0.3 is 9.64 Å². The highest BCUT2D eigenvalue weighted by Crippen LogP contribution is 2.25. The second-order valence-electron chi connectivity index (χ2n) is 5.18. The van der Waals surface area contributed by atoms with Crippen LogP contribution in [0.25, 0.3) is 0 Å². The van der Waals surface area contributed by atoms with Crippen molar-refractivity contribution in [3.63, 3.8) is 0 Å². The number of ether oxygens (including phenoxy) is 1. The van der Waals surface area contributed by atoms with Crippen LogP contribution in [-0.4, -0.2) is 35.3 Å². The fourth-order valence-electron chi connectivity index (χ4n) is 2.65.